The number of nitrogens with two attached hydrogens (primary N) is 2. The number of ether oxygens (including phenoxy) is 1. The molecule has 0 fully saturated rings. The molecular weight excluding hydrogens is 598 g/mol. The van der Waals surface area contributed by atoms with E-state index in [1.54, 1.807) is 45.2 Å². The van der Waals surface area contributed by atoms with E-state index < -0.39 is 47.8 Å². The highest BCUT2D eigenvalue weighted by Crippen LogP contribution is 2.13. The second-order valence-electron chi connectivity index (χ2n) is 11.5. The molecule has 258 valence electrons. The Morgan fingerprint density at radius 1 is 0.870 bits per heavy atom. The predicted molar refractivity (Wildman–Crippen MR) is 173 cm³/mol. The lowest BCUT2D eigenvalue weighted by molar-refractivity contribution is -0.132. The molecule has 9 N–H and O–H groups in total. The van der Waals surface area contributed by atoms with Gasteiger partial charge in [-0.1, -0.05) is 26.0 Å². The van der Waals surface area contributed by atoms with Crippen molar-refractivity contribution < 1.29 is 33.5 Å². The molecule has 1 aromatic carbocycles. The van der Waals surface area contributed by atoms with E-state index in [4.69, 9.17) is 16.2 Å². The summed E-state index contributed by atoms with van der Waals surface area (Å²) in [5.74, 6) is -2.60. The molecule has 1 rings (SSSR count). The molecule has 0 saturated carbocycles. The normalized spacial score (nSPS) is 12.2. The molecule has 0 spiro atoms. The lowest BCUT2D eigenvalue weighted by Gasteiger charge is -2.25. The summed E-state index contributed by atoms with van der Waals surface area (Å²) in [5, 5.41) is 12.8. The van der Waals surface area contributed by atoms with E-state index in [1.165, 1.54) is 4.90 Å². The van der Waals surface area contributed by atoms with Gasteiger partial charge in [-0.2, -0.15) is 0 Å². The number of carbonyl (C=O) groups is 6. The van der Waals surface area contributed by atoms with Crippen LogP contribution in [0.4, 0.5) is 15.3 Å². The number of primary amides is 1. The number of carbonyl (C=O) groups excluding carboxylic acids is 6. The van der Waals surface area contributed by atoms with Crippen LogP contribution in [-0.2, 0) is 30.5 Å². The summed E-state index contributed by atoms with van der Waals surface area (Å²) in [7, 11) is 3.66. The summed E-state index contributed by atoms with van der Waals surface area (Å²) in [6.07, 6.45) is 0.0186. The van der Waals surface area contributed by atoms with E-state index >= 15 is 0 Å². The van der Waals surface area contributed by atoms with Crippen LogP contribution in [0.1, 0.15) is 46.1 Å². The van der Waals surface area contributed by atoms with Crippen molar-refractivity contribution in [2.75, 3.05) is 52.1 Å². The molecule has 7 amide bonds. The van der Waals surface area contributed by atoms with Crippen LogP contribution in [0.2, 0.25) is 0 Å². The van der Waals surface area contributed by atoms with Crippen molar-refractivity contribution in [3.05, 3.63) is 29.8 Å². The second-order valence-corrected chi connectivity index (χ2v) is 11.5. The number of hydrogen-bond acceptors (Lipinski definition) is 9. The van der Waals surface area contributed by atoms with Gasteiger partial charge in [0.1, 0.15) is 18.7 Å². The Bertz CT molecular complexity index is 1160. The third-order valence-corrected chi connectivity index (χ3v) is 7.06. The van der Waals surface area contributed by atoms with Crippen molar-refractivity contribution >= 4 is 41.4 Å². The van der Waals surface area contributed by atoms with Crippen LogP contribution in [0.25, 0.3) is 0 Å². The molecule has 0 heterocycles. The zero-order valence-electron chi connectivity index (χ0n) is 27.7. The Balaban J connectivity index is 2.85. The zero-order valence-corrected chi connectivity index (χ0v) is 27.7. The number of nitrogens with one attached hydrogen (secondary N) is 5. The highest BCUT2D eigenvalue weighted by Gasteiger charge is 2.29. The fourth-order valence-electron chi connectivity index (χ4n) is 3.88. The van der Waals surface area contributed by atoms with Crippen molar-refractivity contribution in [1.82, 2.24) is 31.1 Å². The summed E-state index contributed by atoms with van der Waals surface area (Å²) >= 11 is 0. The molecule has 0 saturated heterocycles. The van der Waals surface area contributed by atoms with Gasteiger partial charge in [0.05, 0.1) is 13.1 Å². The average molecular weight is 650 g/mol. The number of nitrogens with zero attached hydrogens (tertiary/aromatic N) is 2. The van der Waals surface area contributed by atoms with Crippen molar-refractivity contribution in [2.24, 2.45) is 17.4 Å². The molecule has 0 unspecified atom stereocenters. The SMILES string of the molecule is CC(C)[C@H](NC(=O)CNC(=O)CN)C(=O)N[C@@H](CCCNC(N)=O)C(=O)Nc1ccc(COC(=O)N(C)CCN(C)C(C)C)cc1. The van der Waals surface area contributed by atoms with Crippen molar-refractivity contribution in [2.45, 2.75) is 65.3 Å². The monoisotopic (exact) mass is 649 g/mol. The van der Waals surface area contributed by atoms with Gasteiger partial charge in [-0.25, -0.2) is 9.59 Å². The molecule has 2 atom stereocenters. The summed E-state index contributed by atoms with van der Waals surface area (Å²) in [6.45, 7) is 8.39. The van der Waals surface area contributed by atoms with Gasteiger partial charge in [0.15, 0.2) is 0 Å². The van der Waals surface area contributed by atoms with Crippen LogP contribution in [0, 0.1) is 5.92 Å². The Morgan fingerprint density at radius 3 is 2.09 bits per heavy atom. The maximum absolute atomic E-state index is 13.3. The first kappa shape index (κ1) is 39.6. The number of likely N-dealkylation sites (N-methyl/N-ethyl adjacent to an activating group) is 2. The first-order valence-corrected chi connectivity index (χ1v) is 15.2. The zero-order chi connectivity index (χ0) is 34.8. The lowest BCUT2D eigenvalue weighted by Crippen LogP contribution is -2.55. The first-order chi connectivity index (χ1) is 21.6. The van der Waals surface area contributed by atoms with Gasteiger partial charge < -0.3 is 52.6 Å². The Kier molecular flexibility index (Phi) is 17.7. The first-order valence-electron chi connectivity index (χ1n) is 15.2. The lowest BCUT2D eigenvalue weighted by atomic mass is 10.0. The molecule has 1 aromatic rings. The van der Waals surface area contributed by atoms with Crippen molar-refractivity contribution in [3.8, 4) is 0 Å². The van der Waals surface area contributed by atoms with Gasteiger partial charge in [0.2, 0.25) is 23.6 Å². The molecule has 16 nitrogen and oxygen atoms in total. The van der Waals surface area contributed by atoms with Crippen LogP contribution in [0.3, 0.4) is 0 Å². The van der Waals surface area contributed by atoms with Crippen LogP contribution in [0.5, 0.6) is 0 Å². The number of benzene rings is 1. The topological polar surface area (TPSA) is 230 Å². The van der Waals surface area contributed by atoms with E-state index in [9.17, 15) is 28.8 Å². The van der Waals surface area contributed by atoms with Crippen molar-refractivity contribution in [1.29, 1.82) is 0 Å². The minimum absolute atomic E-state index is 0.0428. The molecule has 0 aliphatic rings. The molecule has 0 aliphatic heterocycles. The predicted octanol–water partition coefficient (Wildman–Crippen LogP) is -0.317. The van der Waals surface area contributed by atoms with Crippen LogP contribution < -0.4 is 38.1 Å². The smallest absolute Gasteiger partial charge is 0.409 e. The number of amides is 7. The fourth-order valence-corrected chi connectivity index (χ4v) is 3.88. The third-order valence-electron chi connectivity index (χ3n) is 7.06. The third kappa shape index (κ3) is 15.5. The Morgan fingerprint density at radius 2 is 1.52 bits per heavy atom. The number of rotatable bonds is 19. The van der Waals surface area contributed by atoms with Crippen molar-refractivity contribution in [3.63, 3.8) is 0 Å². The molecule has 0 radical (unpaired) electrons. The second kappa shape index (κ2) is 20.6. The highest BCUT2D eigenvalue weighted by molar-refractivity contribution is 5.98. The van der Waals surface area contributed by atoms with Crippen LogP contribution in [-0.4, -0.2) is 110 Å². The molecule has 0 bridgehead atoms. The Labute approximate surface area is 270 Å². The molecule has 0 aromatic heterocycles. The van der Waals surface area contributed by atoms with Gasteiger partial charge in [0, 0.05) is 38.4 Å². The standard InChI is InChI=1S/C30H51N9O7/c1-19(2)26(37-25(41)17-34-24(40)16-31)28(43)36-23(8-7-13-33-29(32)44)27(42)35-22-11-9-21(10-12-22)18-46-30(45)39(6)15-14-38(5)20(3)4/h9-12,19-20,23,26H,7-8,13-18,31H2,1-6H3,(H,34,40)(H,35,42)(H,36,43)(H,37,41)(H3,32,33,44)/t23-,26-/m0/s1. The van der Waals surface area contributed by atoms with Crippen LogP contribution in [0.15, 0.2) is 24.3 Å². The summed E-state index contributed by atoms with van der Waals surface area (Å²) < 4.78 is 5.40. The van der Waals surface area contributed by atoms with E-state index in [0.29, 0.717) is 36.8 Å². The van der Waals surface area contributed by atoms with E-state index in [-0.39, 0.29) is 38.6 Å². The Hall–Kier alpha value is -4.44. The maximum Gasteiger partial charge on any atom is 0.409 e. The molecule has 16 heteroatoms. The summed E-state index contributed by atoms with van der Waals surface area (Å²) in [4.78, 5) is 77.2. The number of anilines is 1. The van der Waals surface area contributed by atoms with Gasteiger partial charge in [-0.3, -0.25) is 19.2 Å². The summed E-state index contributed by atoms with van der Waals surface area (Å²) in [5.41, 5.74) is 11.5. The molecular formula is C30H51N9O7. The fraction of sp³-hybridized carbons (Fsp3) is 0.600. The van der Waals surface area contributed by atoms with Crippen LogP contribution >= 0.6 is 0 Å². The molecule has 46 heavy (non-hydrogen) atoms. The average Bonchev–Trinajstić information content (AvgIpc) is 3.01. The number of urea groups is 1. The van der Waals surface area contributed by atoms with Gasteiger partial charge >= 0.3 is 12.1 Å². The maximum atomic E-state index is 13.3. The van der Waals surface area contributed by atoms with E-state index in [1.807, 2.05) is 7.05 Å². The summed E-state index contributed by atoms with van der Waals surface area (Å²) in [6, 6.07) is 4.31. The largest absolute Gasteiger partial charge is 0.445 e. The minimum Gasteiger partial charge on any atom is -0.445 e. The van der Waals surface area contributed by atoms with Gasteiger partial charge in [-0.15, -0.1) is 0 Å². The van der Waals surface area contributed by atoms with E-state index in [2.05, 4.69) is 45.3 Å². The highest BCUT2D eigenvalue weighted by atomic mass is 16.6. The van der Waals surface area contributed by atoms with Gasteiger partial charge in [-0.05, 0) is 57.4 Å². The van der Waals surface area contributed by atoms with Gasteiger partial charge in [0.25, 0.3) is 0 Å². The quantitative estimate of drug-likeness (QED) is 0.0973. The number of hydrogen-bond donors (Lipinski definition) is 7. The minimum atomic E-state index is -1.02. The molecule has 0 aliphatic carbocycles. The van der Waals surface area contributed by atoms with E-state index in [0.717, 1.165) is 0 Å².